The van der Waals surface area contributed by atoms with Crippen LogP contribution in [0, 0.1) is 23.2 Å². The number of hydrogen-bond donors (Lipinski definition) is 0. The van der Waals surface area contributed by atoms with Crippen LogP contribution in [-0.2, 0) is 14.3 Å². The van der Waals surface area contributed by atoms with Gasteiger partial charge in [0.2, 0.25) is 0 Å². The molecule has 0 radical (unpaired) electrons. The number of rotatable bonds is 5. The molecule has 0 spiro atoms. The highest BCUT2D eigenvalue weighted by Crippen LogP contribution is 2.36. The lowest BCUT2D eigenvalue weighted by atomic mass is 9.71. The second kappa shape index (κ2) is 5.50. The van der Waals surface area contributed by atoms with Crippen LogP contribution in [0.25, 0.3) is 0 Å². The fourth-order valence-electron chi connectivity index (χ4n) is 1.79. The number of esters is 1. The summed E-state index contributed by atoms with van der Waals surface area (Å²) in [5.74, 6) is -0.146. The molecule has 0 aliphatic heterocycles. The topological polar surface area (TPSA) is 67.2 Å². The monoisotopic (exact) mass is 209 g/mol. The first-order valence-corrected chi connectivity index (χ1v) is 5.22. The van der Waals surface area contributed by atoms with E-state index in [1.54, 1.807) is 6.92 Å². The zero-order valence-corrected chi connectivity index (χ0v) is 8.86. The molecule has 15 heavy (non-hydrogen) atoms. The van der Waals surface area contributed by atoms with E-state index in [-0.39, 0.29) is 18.1 Å². The molecule has 0 bridgehead atoms. The van der Waals surface area contributed by atoms with Gasteiger partial charge >= 0.3 is 5.97 Å². The quantitative estimate of drug-likeness (QED) is 0.507. The van der Waals surface area contributed by atoms with Crippen LogP contribution in [-0.4, -0.2) is 18.4 Å². The molecule has 1 aliphatic rings. The Kier molecular flexibility index (Phi) is 4.29. The molecule has 4 heteroatoms. The van der Waals surface area contributed by atoms with Gasteiger partial charge in [-0.05, 0) is 25.7 Å². The van der Waals surface area contributed by atoms with Gasteiger partial charge in [0.25, 0.3) is 0 Å². The minimum absolute atomic E-state index is 0.0206. The first kappa shape index (κ1) is 11.7. The largest absolute Gasteiger partial charge is 0.466 e. The second-order valence-electron chi connectivity index (χ2n) is 3.84. The Bertz CT molecular complexity index is 287. The molecule has 1 aliphatic carbocycles. The van der Waals surface area contributed by atoms with Gasteiger partial charge in [0.1, 0.15) is 12.2 Å². The summed E-state index contributed by atoms with van der Waals surface area (Å²) in [6, 6.07) is 2.09. The SMILES string of the molecule is CCOC(=O)CC(=O)C1CC(CC#N)C1. The molecule has 0 aromatic heterocycles. The van der Waals surface area contributed by atoms with Crippen molar-refractivity contribution in [2.75, 3.05) is 6.61 Å². The number of ether oxygens (including phenoxy) is 1. The van der Waals surface area contributed by atoms with E-state index >= 15 is 0 Å². The van der Waals surface area contributed by atoms with Crippen LogP contribution in [0.1, 0.15) is 32.6 Å². The predicted molar refractivity (Wildman–Crippen MR) is 52.7 cm³/mol. The van der Waals surface area contributed by atoms with Crippen LogP contribution in [0.3, 0.4) is 0 Å². The first-order chi connectivity index (χ1) is 7.17. The molecule has 1 saturated carbocycles. The van der Waals surface area contributed by atoms with Gasteiger partial charge in [-0.3, -0.25) is 9.59 Å². The maximum absolute atomic E-state index is 11.5. The highest BCUT2D eigenvalue weighted by atomic mass is 16.5. The van der Waals surface area contributed by atoms with Crippen LogP contribution in [0.15, 0.2) is 0 Å². The molecule has 0 saturated heterocycles. The van der Waals surface area contributed by atoms with Crippen molar-refractivity contribution >= 4 is 11.8 Å². The third-order valence-electron chi connectivity index (χ3n) is 2.69. The Hall–Kier alpha value is -1.37. The molecule has 82 valence electrons. The molecule has 0 heterocycles. The van der Waals surface area contributed by atoms with Crippen molar-refractivity contribution in [3.8, 4) is 6.07 Å². The number of carbonyl (C=O) groups is 2. The number of hydrogen-bond acceptors (Lipinski definition) is 4. The molecule has 1 fully saturated rings. The maximum atomic E-state index is 11.5. The van der Waals surface area contributed by atoms with E-state index in [0.29, 0.717) is 18.9 Å². The smallest absolute Gasteiger partial charge is 0.313 e. The lowest BCUT2D eigenvalue weighted by Gasteiger charge is -2.32. The number of nitriles is 1. The molecule has 0 aromatic rings. The van der Waals surface area contributed by atoms with Crippen molar-refractivity contribution < 1.29 is 14.3 Å². The van der Waals surface area contributed by atoms with E-state index in [1.165, 1.54) is 0 Å². The Labute approximate surface area is 89.2 Å². The number of ketones is 1. The average molecular weight is 209 g/mol. The van der Waals surface area contributed by atoms with Crippen LogP contribution >= 0.6 is 0 Å². The first-order valence-electron chi connectivity index (χ1n) is 5.22. The van der Waals surface area contributed by atoms with E-state index in [9.17, 15) is 9.59 Å². The van der Waals surface area contributed by atoms with Crippen molar-refractivity contribution in [2.24, 2.45) is 11.8 Å². The van der Waals surface area contributed by atoms with E-state index < -0.39 is 5.97 Å². The van der Waals surface area contributed by atoms with Crippen molar-refractivity contribution in [1.82, 2.24) is 0 Å². The zero-order valence-electron chi connectivity index (χ0n) is 8.86. The standard InChI is InChI=1S/C11H15NO3/c1-2-15-11(14)7-10(13)9-5-8(6-9)3-4-12/h8-9H,2-3,5-7H2,1H3. The van der Waals surface area contributed by atoms with Gasteiger partial charge in [0.15, 0.2) is 0 Å². The molecule has 0 N–H and O–H groups in total. The highest BCUT2D eigenvalue weighted by Gasteiger charge is 2.34. The van der Waals surface area contributed by atoms with Crippen LogP contribution in [0.4, 0.5) is 0 Å². The molecular formula is C11H15NO3. The fourth-order valence-corrected chi connectivity index (χ4v) is 1.79. The summed E-state index contributed by atoms with van der Waals surface area (Å²) < 4.78 is 4.69. The average Bonchev–Trinajstić information content (AvgIpc) is 2.10. The van der Waals surface area contributed by atoms with Gasteiger partial charge in [0.05, 0.1) is 12.7 Å². The number of carbonyl (C=O) groups excluding carboxylic acids is 2. The van der Waals surface area contributed by atoms with E-state index in [4.69, 9.17) is 10.00 Å². The van der Waals surface area contributed by atoms with Gasteiger partial charge in [-0.2, -0.15) is 5.26 Å². The summed E-state index contributed by atoms with van der Waals surface area (Å²) in [4.78, 5) is 22.5. The molecule has 4 nitrogen and oxygen atoms in total. The van der Waals surface area contributed by atoms with E-state index in [1.807, 2.05) is 0 Å². The van der Waals surface area contributed by atoms with Gasteiger partial charge in [0, 0.05) is 12.3 Å². The Balaban J connectivity index is 2.21. The highest BCUT2D eigenvalue weighted by molar-refractivity contribution is 5.97. The molecule has 0 atom stereocenters. The van der Waals surface area contributed by atoms with Crippen molar-refractivity contribution in [1.29, 1.82) is 5.26 Å². The lowest BCUT2D eigenvalue weighted by molar-refractivity contribution is -0.147. The number of nitrogens with zero attached hydrogens (tertiary/aromatic N) is 1. The second-order valence-corrected chi connectivity index (χ2v) is 3.84. The van der Waals surface area contributed by atoms with Crippen LogP contribution in [0.2, 0.25) is 0 Å². The Morgan fingerprint density at radius 3 is 2.67 bits per heavy atom. The third kappa shape index (κ3) is 3.35. The van der Waals surface area contributed by atoms with E-state index in [0.717, 1.165) is 12.8 Å². The molecule has 1 rings (SSSR count). The van der Waals surface area contributed by atoms with Crippen LogP contribution < -0.4 is 0 Å². The van der Waals surface area contributed by atoms with Crippen LogP contribution in [0.5, 0.6) is 0 Å². The van der Waals surface area contributed by atoms with Gasteiger partial charge in [-0.25, -0.2) is 0 Å². The zero-order chi connectivity index (χ0) is 11.3. The normalized spacial score (nSPS) is 23.7. The molecule has 0 unspecified atom stereocenters. The van der Waals surface area contributed by atoms with E-state index in [2.05, 4.69) is 6.07 Å². The summed E-state index contributed by atoms with van der Waals surface area (Å²) in [5.41, 5.74) is 0. The summed E-state index contributed by atoms with van der Waals surface area (Å²) in [6.45, 7) is 2.03. The minimum atomic E-state index is -0.439. The third-order valence-corrected chi connectivity index (χ3v) is 2.69. The van der Waals surface area contributed by atoms with Gasteiger partial charge in [-0.15, -0.1) is 0 Å². The Morgan fingerprint density at radius 2 is 2.13 bits per heavy atom. The summed E-state index contributed by atoms with van der Waals surface area (Å²) >= 11 is 0. The summed E-state index contributed by atoms with van der Waals surface area (Å²) in [6.07, 6.45) is 1.92. The molecular weight excluding hydrogens is 194 g/mol. The Morgan fingerprint density at radius 1 is 1.47 bits per heavy atom. The summed E-state index contributed by atoms with van der Waals surface area (Å²) in [7, 11) is 0. The van der Waals surface area contributed by atoms with Gasteiger partial charge in [-0.1, -0.05) is 0 Å². The predicted octanol–water partition coefficient (Wildman–Crippen LogP) is 1.45. The summed E-state index contributed by atoms with van der Waals surface area (Å²) in [5, 5.41) is 8.43. The fraction of sp³-hybridized carbons (Fsp3) is 0.727. The van der Waals surface area contributed by atoms with Crippen molar-refractivity contribution in [2.45, 2.75) is 32.6 Å². The lowest BCUT2D eigenvalue weighted by Crippen LogP contribution is -2.31. The minimum Gasteiger partial charge on any atom is -0.466 e. The molecule has 0 amide bonds. The van der Waals surface area contributed by atoms with Crippen molar-refractivity contribution in [3.63, 3.8) is 0 Å². The van der Waals surface area contributed by atoms with Gasteiger partial charge < -0.3 is 4.74 Å². The van der Waals surface area contributed by atoms with Crippen molar-refractivity contribution in [3.05, 3.63) is 0 Å². The maximum Gasteiger partial charge on any atom is 0.313 e. The number of Topliss-reactive ketones (excluding diaryl/α,β-unsaturated/α-hetero) is 1. The molecule has 0 aromatic carbocycles.